The van der Waals surface area contributed by atoms with Crippen LogP contribution in [0.2, 0.25) is 0 Å². The highest BCUT2D eigenvalue weighted by atomic mass is 32.2. The summed E-state index contributed by atoms with van der Waals surface area (Å²) in [5.41, 5.74) is 7.75. The van der Waals surface area contributed by atoms with Gasteiger partial charge in [-0.05, 0) is 41.6 Å². The number of nitrogens with two attached hydrogens (primary N) is 1. The van der Waals surface area contributed by atoms with Crippen LogP contribution in [0.3, 0.4) is 0 Å². The maximum Gasteiger partial charge on any atom is 0.243 e. The third-order valence-corrected chi connectivity index (χ3v) is 6.47. The first-order valence-electron chi connectivity index (χ1n) is 7.80. The van der Waals surface area contributed by atoms with Crippen molar-refractivity contribution in [2.24, 2.45) is 11.1 Å². The summed E-state index contributed by atoms with van der Waals surface area (Å²) in [6.07, 6.45) is 0.810. The highest BCUT2D eigenvalue weighted by Crippen LogP contribution is 2.33. The van der Waals surface area contributed by atoms with Gasteiger partial charge in [-0.15, -0.1) is 0 Å². The molecule has 4 nitrogen and oxygen atoms in total. The summed E-state index contributed by atoms with van der Waals surface area (Å²) in [5.74, 6) is 0. The average molecular weight is 330 g/mol. The molecule has 1 aliphatic rings. The van der Waals surface area contributed by atoms with Crippen LogP contribution in [0.1, 0.15) is 13.3 Å². The van der Waals surface area contributed by atoms with Crippen LogP contribution < -0.4 is 5.73 Å². The zero-order chi connectivity index (χ0) is 16.5. The molecule has 1 aliphatic heterocycles. The van der Waals surface area contributed by atoms with E-state index in [1.807, 2.05) is 49.4 Å². The van der Waals surface area contributed by atoms with Gasteiger partial charge in [0.1, 0.15) is 0 Å². The van der Waals surface area contributed by atoms with Gasteiger partial charge >= 0.3 is 0 Å². The third kappa shape index (κ3) is 3.17. The highest BCUT2D eigenvalue weighted by Gasteiger charge is 2.38. The molecule has 0 spiro atoms. The number of hydrogen-bond donors (Lipinski definition) is 1. The highest BCUT2D eigenvalue weighted by molar-refractivity contribution is 7.89. The van der Waals surface area contributed by atoms with Gasteiger partial charge in [-0.2, -0.15) is 4.31 Å². The van der Waals surface area contributed by atoms with Gasteiger partial charge in [0.05, 0.1) is 4.90 Å². The molecule has 1 atom stereocenters. The first-order chi connectivity index (χ1) is 10.9. The van der Waals surface area contributed by atoms with E-state index in [1.165, 1.54) is 0 Å². The van der Waals surface area contributed by atoms with Gasteiger partial charge in [0.15, 0.2) is 0 Å². The van der Waals surface area contributed by atoms with E-state index < -0.39 is 10.0 Å². The van der Waals surface area contributed by atoms with Gasteiger partial charge in [-0.3, -0.25) is 0 Å². The van der Waals surface area contributed by atoms with Gasteiger partial charge in [-0.25, -0.2) is 8.42 Å². The van der Waals surface area contributed by atoms with Crippen molar-refractivity contribution in [2.75, 3.05) is 19.6 Å². The Kier molecular flexibility index (Phi) is 4.27. The summed E-state index contributed by atoms with van der Waals surface area (Å²) >= 11 is 0. The SMILES string of the molecule is CC1(CN)CCN(S(=O)(=O)c2ccc(-c3ccccc3)cc2)C1. The molecule has 0 aliphatic carbocycles. The number of rotatable bonds is 4. The predicted molar refractivity (Wildman–Crippen MR) is 92.4 cm³/mol. The number of benzene rings is 2. The lowest BCUT2D eigenvalue weighted by molar-refractivity contribution is 0.349. The van der Waals surface area contributed by atoms with Gasteiger partial charge in [0, 0.05) is 13.1 Å². The van der Waals surface area contributed by atoms with Gasteiger partial charge in [0.2, 0.25) is 10.0 Å². The van der Waals surface area contributed by atoms with Gasteiger partial charge in [-0.1, -0.05) is 49.4 Å². The van der Waals surface area contributed by atoms with Crippen molar-refractivity contribution in [3.05, 3.63) is 54.6 Å². The Balaban J connectivity index is 1.84. The quantitative estimate of drug-likeness (QED) is 0.937. The maximum atomic E-state index is 12.8. The second-order valence-corrected chi connectivity index (χ2v) is 8.43. The average Bonchev–Trinajstić information content (AvgIpc) is 3.00. The summed E-state index contributed by atoms with van der Waals surface area (Å²) in [5, 5.41) is 0. The van der Waals surface area contributed by atoms with Crippen LogP contribution in [0.25, 0.3) is 11.1 Å². The molecular formula is C18H22N2O2S. The van der Waals surface area contributed by atoms with E-state index in [0.29, 0.717) is 24.5 Å². The van der Waals surface area contributed by atoms with E-state index in [2.05, 4.69) is 0 Å². The fourth-order valence-corrected chi connectivity index (χ4v) is 4.54. The van der Waals surface area contributed by atoms with Crippen LogP contribution >= 0.6 is 0 Å². The zero-order valence-electron chi connectivity index (χ0n) is 13.3. The lowest BCUT2D eigenvalue weighted by atomic mass is 9.90. The Morgan fingerprint density at radius 3 is 2.22 bits per heavy atom. The van der Waals surface area contributed by atoms with Crippen LogP contribution in [0, 0.1) is 5.41 Å². The zero-order valence-corrected chi connectivity index (χ0v) is 14.1. The Hall–Kier alpha value is -1.69. The molecule has 1 saturated heterocycles. The molecule has 0 aromatic heterocycles. The first kappa shape index (κ1) is 16.2. The smallest absolute Gasteiger partial charge is 0.243 e. The summed E-state index contributed by atoms with van der Waals surface area (Å²) in [6.45, 7) is 3.58. The van der Waals surface area contributed by atoms with Crippen LogP contribution in [0.4, 0.5) is 0 Å². The molecule has 0 amide bonds. The van der Waals surface area contributed by atoms with E-state index in [-0.39, 0.29) is 5.41 Å². The number of sulfonamides is 1. The molecule has 1 heterocycles. The van der Waals surface area contributed by atoms with Gasteiger partial charge < -0.3 is 5.73 Å². The Morgan fingerprint density at radius 1 is 1.04 bits per heavy atom. The normalized spacial score (nSPS) is 22.3. The molecule has 0 bridgehead atoms. The monoisotopic (exact) mass is 330 g/mol. The standard InChI is InChI=1S/C18H22N2O2S/c1-18(13-19)11-12-20(14-18)23(21,22)17-9-7-16(8-10-17)15-5-3-2-4-6-15/h2-10H,11-14,19H2,1H3. The first-order valence-corrected chi connectivity index (χ1v) is 9.24. The fourth-order valence-electron chi connectivity index (χ4n) is 2.95. The van der Waals surface area contributed by atoms with E-state index in [1.54, 1.807) is 16.4 Å². The lowest BCUT2D eigenvalue weighted by Crippen LogP contribution is -2.34. The molecular weight excluding hydrogens is 308 g/mol. The second-order valence-electron chi connectivity index (χ2n) is 6.49. The molecule has 2 aromatic rings. The van der Waals surface area contributed by atoms with E-state index in [0.717, 1.165) is 17.5 Å². The molecule has 1 fully saturated rings. The molecule has 23 heavy (non-hydrogen) atoms. The van der Waals surface area contributed by atoms with E-state index in [4.69, 9.17) is 5.73 Å². The molecule has 2 N–H and O–H groups in total. The lowest BCUT2D eigenvalue weighted by Gasteiger charge is -2.22. The fraction of sp³-hybridized carbons (Fsp3) is 0.333. The van der Waals surface area contributed by atoms with Crippen molar-refractivity contribution in [1.82, 2.24) is 4.31 Å². The minimum absolute atomic E-state index is 0.114. The maximum absolute atomic E-state index is 12.8. The molecule has 0 saturated carbocycles. The largest absolute Gasteiger partial charge is 0.330 e. The Morgan fingerprint density at radius 2 is 1.65 bits per heavy atom. The topological polar surface area (TPSA) is 63.4 Å². The molecule has 122 valence electrons. The van der Waals surface area contributed by atoms with Crippen molar-refractivity contribution in [3.8, 4) is 11.1 Å². The van der Waals surface area contributed by atoms with Gasteiger partial charge in [0.25, 0.3) is 0 Å². The van der Waals surface area contributed by atoms with Crippen molar-refractivity contribution in [1.29, 1.82) is 0 Å². The van der Waals surface area contributed by atoms with Crippen molar-refractivity contribution < 1.29 is 8.42 Å². The van der Waals surface area contributed by atoms with Crippen LogP contribution in [-0.2, 0) is 10.0 Å². The van der Waals surface area contributed by atoms with Crippen molar-refractivity contribution in [2.45, 2.75) is 18.2 Å². The third-order valence-electron chi connectivity index (χ3n) is 4.61. The summed E-state index contributed by atoms with van der Waals surface area (Å²) in [6, 6.07) is 17.0. The molecule has 0 radical (unpaired) electrons. The number of nitrogens with zero attached hydrogens (tertiary/aromatic N) is 1. The minimum Gasteiger partial charge on any atom is -0.330 e. The van der Waals surface area contributed by atoms with E-state index >= 15 is 0 Å². The summed E-state index contributed by atoms with van der Waals surface area (Å²) in [7, 11) is -3.44. The Bertz CT molecular complexity index is 772. The molecule has 1 unspecified atom stereocenters. The Labute approximate surface area is 138 Å². The molecule has 2 aromatic carbocycles. The van der Waals surface area contributed by atoms with Crippen molar-refractivity contribution >= 4 is 10.0 Å². The van der Waals surface area contributed by atoms with Crippen molar-refractivity contribution in [3.63, 3.8) is 0 Å². The number of hydrogen-bond acceptors (Lipinski definition) is 3. The van der Waals surface area contributed by atoms with E-state index in [9.17, 15) is 8.42 Å². The summed E-state index contributed by atoms with van der Waals surface area (Å²) < 4.78 is 27.1. The molecule has 5 heteroatoms. The van der Waals surface area contributed by atoms with Crippen LogP contribution in [0.5, 0.6) is 0 Å². The minimum atomic E-state index is -3.44. The van der Waals surface area contributed by atoms with Crippen LogP contribution in [0.15, 0.2) is 59.5 Å². The summed E-state index contributed by atoms with van der Waals surface area (Å²) in [4.78, 5) is 0.346. The van der Waals surface area contributed by atoms with Crippen LogP contribution in [-0.4, -0.2) is 32.4 Å². The predicted octanol–water partition coefficient (Wildman–Crippen LogP) is 2.71. The second kappa shape index (κ2) is 6.07. The molecule has 3 rings (SSSR count).